The minimum Gasteiger partial charge on any atom is -0.325 e. The molecule has 0 fully saturated rings. The average Bonchev–Trinajstić information content (AvgIpc) is 2.78. The number of pyridine rings is 1. The van der Waals surface area contributed by atoms with Gasteiger partial charge in [0.1, 0.15) is 0 Å². The van der Waals surface area contributed by atoms with Gasteiger partial charge in [0.25, 0.3) is 0 Å². The molecule has 0 aliphatic carbocycles. The quantitative estimate of drug-likeness (QED) is 0.243. The molecule has 3 aromatic rings. The van der Waals surface area contributed by atoms with Crippen LogP contribution in [0.25, 0.3) is 0 Å². The van der Waals surface area contributed by atoms with Gasteiger partial charge in [0, 0.05) is 24.3 Å². The molecule has 0 aliphatic rings. The van der Waals surface area contributed by atoms with Crippen molar-refractivity contribution in [3.63, 3.8) is 0 Å². The molecule has 0 atom stereocenters. The van der Waals surface area contributed by atoms with Crippen LogP contribution in [0, 0.1) is 11.5 Å². The summed E-state index contributed by atoms with van der Waals surface area (Å²) in [6.07, 6.45) is 6.06. The Morgan fingerprint density at radius 3 is 1.97 bits per heavy atom. The van der Waals surface area contributed by atoms with Crippen molar-refractivity contribution in [3.05, 3.63) is 78.6 Å². The topological polar surface area (TPSA) is 141 Å². The zero-order valence-corrected chi connectivity index (χ0v) is 18.6. The number of aliphatic imine (C=N–C) groups is 1. The largest absolute Gasteiger partial charge is 0.325 e. The van der Waals surface area contributed by atoms with Gasteiger partial charge in [-0.2, -0.15) is 5.26 Å². The first-order valence-corrected chi connectivity index (χ1v) is 12.6. The van der Waals surface area contributed by atoms with Gasteiger partial charge in [-0.15, -0.1) is 0 Å². The molecule has 2 N–H and O–H groups in total. The predicted molar refractivity (Wildman–Crippen MR) is 119 cm³/mol. The second-order valence-corrected chi connectivity index (χ2v) is 10.6. The molecule has 2 aromatic carbocycles. The van der Waals surface area contributed by atoms with E-state index in [2.05, 4.69) is 20.6 Å². The molecule has 0 unspecified atom stereocenters. The number of rotatable bonds is 6. The Bertz CT molecular complexity index is 1360. The molecule has 164 valence electrons. The first kappa shape index (κ1) is 22.9. The van der Waals surface area contributed by atoms with E-state index < -0.39 is 19.7 Å². The van der Waals surface area contributed by atoms with Crippen molar-refractivity contribution in [2.24, 2.45) is 4.99 Å². The van der Waals surface area contributed by atoms with Crippen molar-refractivity contribution in [1.82, 2.24) is 10.3 Å². The van der Waals surface area contributed by atoms with Gasteiger partial charge in [-0.05, 0) is 54.1 Å². The molecule has 0 saturated carbocycles. The van der Waals surface area contributed by atoms with Crippen molar-refractivity contribution in [2.45, 2.75) is 21.2 Å². The average molecular weight is 470 g/mol. The molecule has 0 bridgehead atoms. The van der Waals surface area contributed by atoms with Gasteiger partial charge in [0.2, 0.25) is 15.8 Å². The number of hydrogen-bond donors (Lipinski definition) is 2. The van der Waals surface area contributed by atoms with Gasteiger partial charge < -0.3 is 5.32 Å². The lowest BCUT2D eigenvalue weighted by Crippen LogP contribution is -2.26. The third-order valence-corrected chi connectivity index (χ3v) is 7.25. The molecule has 32 heavy (non-hydrogen) atoms. The van der Waals surface area contributed by atoms with Crippen LogP contribution in [0.15, 0.2) is 92.7 Å². The van der Waals surface area contributed by atoms with E-state index >= 15 is 0 Å². The number of hydrogen-bond acceptors (Lipinski definition) is 7. The summed E-state index contributed by atoms with van der Waals surface area (Å²) in [5, 5.41) is 14.3. The van der Waals surface area contributed by atoms with Crippen molar-refractivity contribution in [3.8, 4) is 6.19 Å². The highest BCUT2D eigenvalue weighted by Gasteiger charge is 2.18. The molecular formula is C21H19N5O4S2. The van der Waals surface area contributed by atoms with Gasteiger partial charge in [-0.25, -0.2) is 21.8 Å². The lowest BCUT2D eigenvalue weighted by molar-refractivity contribution is 0.594. The lowest BCUT2D eigenvalue weighted by Gasteiger charge is -2.08. The predicted octanol–water partition coefficient (Wildman–Crippen LogP) is 2.36. The Morgan fingerprint density at radius 2 is 1.44 bits per heavy atom. The summed E-state index contributed by atoms with van der Waals surface area (Å²) in [7, 11) is -7.22. The van der Waals surface area contributed by atoms with Crippen LogP contribution in [0.2, 0.25) is 0 Å². The first-order valence-electron chi connectivity index (χ1n) is 9.21. The summed E-state index contributed by atoms with van der Waals surface area (Å²) < 4.78 is 48.8. The third kappa shape index (κ3) is 5.69. The lowest BCUT2D eigenvalue weighted by atomic mass is 10.2. The van der Waals surface area contributed by atoms with E-state index in [1.54, 1.807) is 36.7 Å². The van der Waals surface area contributed by atoms with E-state index in [0.717, 1.165) is 11.8 Å². The number of aromatic nitrogens is 1. The smallest absolute Gasteiger partial charge is 0.209 e. The fourth-order valence-corrected chi connectivity index (χ4v) is 4.57. The highest BCUT2D eigenvalue weighted by Crippen LogP contribution is 2.23. The second kappa shape index (κ2) is 9.59. The Hall–Kier alpha value is -3.75. The summed E-state index contributed by atoms with van der Waals surface area (Å²) >= 11 is 0. The molecule has 0 spiro atoms. The SMILES string of the molecule is CS(=O)(=O)c1ccc(S(=O)(=O)c2ccc(CN=C(NC#N)Nc3ccncc3)cc2)cc1. The minimum atomic E-state index is -3.80. The molecule has 0 radical (unpaired) electrons. The van der Waals surface area contributed by atoms with Crippen LogP contribution in [-0.2, 0) is 26.2 Å². The molecule has 0 amide bonds. The highest BCUT2D eigenvalue weighted by molar-refractivity contribution is 7.91. The molecule has 0 aliphatic heterocycles. The van der Waals surface area contributed by atoms with Gasteiger partial charge in [0.05, 0.1) is 21.2 Å². The Balaban J connectivity index is 1.76. The molecule has 3 rings (SSSR count). The zero-order chi connectivity index (χ0) is 23.2. The number of nitriles is 1. The molecule has 0 saturated heterocycles. The Kier molecular flexibility index (Phi) is 6.87. The van der Waals surface area contributed by atoms with E-state index in [9.17, 15) is 16.8 Å². The monoisotopic (exact) mass is 469 g/mol. The van der Waals surface area contributed by atoms with Gasteiger partial charge >= 0.3 is 0 Å². The van der Waals surface area contributed by atoms with Crippen molar-refractivity contribution < 1.29 is 16.8 Å². The van der Waals surface area contributed by atoms with Gasteiger partial charge in [-0.3, -0.25) is 10.3 Å². The van der Waals surface area contributed by atoms with Crippen molar-refractivity contribution in [2.75, 3.05) is 11.6 Å². The number of nitrogens with one attached hydrogen (secondary N) is 2. The Labute approximate surface area is 186 Å². The molecule has 11 heteroatoms. The second-order valence-electron chi connectivity index (χ2n) is 6.65. The van der Waals surface area contributed by atoms with Gasteiger partial charge in [-0.1, -0.05) is 12.1 Å². The molecule has 1 heterocycles. The summed E-state index contributed by atoms with van der Waals surface area (Å²) in [5.41, 5.74) is 1.43. The van der Waals surface area contributed by atoms with E-state index in [-0.39, 0.29) is 27.2 Å². The van der Waals surface area contributed by atoms with Crippen LogP contribution in [0.3, 0.4) is 0 Å². The Morgan fingerprint density at radius 1 is 0.906 bits per heavy atom. The van der Waals surface area contributed by atoms with Crippen LogP contribution in [0.4, 0.5) is 5.69 Å². The normalized spacial score (nSPS) is 12.1. The molecule has 1 aromatic heterocycles. The number of guanidine groups is 1. The minimum absolute atomic E-state index is 0.00210. The fourth-order valence-electron chi connectivity index (χ4n) is 2.68. The summed E-state index contributed by atoms with van der Waals surface area (Å²) in [6.45, 7) is 0.200. The maximum Gasteiger partial charge on any atom is 0.209 e. The van der Waals surface area contributed by atoms with Crippen molar-refractivity contribution >= 4 is 31.3 Å². The van der Waals surface area contributed by atoms with Crippen LogP contribution in [0.5, 0.6) is 0 Å². The van der Waals surface area contributed by atoms with Crippen molar-refractivity contribution in [1.29, 1.82) is 5.26 Å². The number of anilines is 1. The highest BCUT2D eigenvalue weighted by atomic mass is 32.2. The van der Waals surface area contributed by atoms with E-state index in [0.29, 0.717) is 5.69 Å². The van der Waals surface area contributed by atoms with Crippen LogP contribution < -0.4 is 10.6 Å². The number of sulfone groups is 2. The summed E-state index contributed by atoms with van der Waals surface area (Å²) in [5.74, 6) is 0.237. The van der Waals surface area contributed by atoms with Crippen LogP contribution in [-0.4, -0.2) is 34.0 Å². The number of nitrogens with zero attached hydrogens (tertiary/aromatic N) is 3. The fraction of sp³-hybridized carbons (Fsp3) is 0.0952. The third-order valence-electron chi connectivity index (χ3n) is 4.33. The van der Waals surface area contributed by atoms with E-state index in [1.165, 1.54) is 36.4 Å². The van der Waals surface area contributed by atoms with Crippen LogP contribution in [0.1, 0.15) is 5.56 Å². The maximum absolute atomic E-state index is 12.8. The zero-order valence-electron chi connectivity index (χ0n) is 16.9. The first-order chi connectivity index (χ1) is 15.2. The molecule has 9 nitrogen and oxygen atoms in total. The summed E-state index contributed by atoms with van der Waals surface area (Å²) in [6, 6.07) is 14.7. The van der Waals surface area contributed by atoms with Crippen LogP contribution >= 0.6 is 0 Å². The van der Waals surface area contributed by atoms with Gasteiger partial charge in [0.15, 0.2) is 16.0 Å². The van der Waals surface area contributed by atoms with E-state index in [4.69, 9.17) is 5.26 Å². The van der Waals surface area contributed by atoms with E-state index in [1.807, 2.05) is 6.19 Å². The number of benzene rings is 2. The maximum atomic E-state index is 12.8. The summed E-state index contributed by atoms with van der Waals surface area (Å²) in [4.78, 5) is 8.34. The standard InChI is InChI=1S/C21H19N5O4S2/c1-31(27,28)18-6-8-20(9-7-18)32(29,30)19-4-2-16(3-5-19)14-24-21(25-15-22)26-17-10-12-23-13-11-17/h2-13H,14H2,1H3,(H2,23,24,25,26). The molecular weight excluding hydrogens is 450 g/mol.